The molecule has 2 aromatic carbocycles. The number of aliphatic hydroxyl groups excluding tert-OH is 8. The summed E-state index contributed by atoms with van der Waals surface area (Å²) < 4.78 is 33.1. The lowest BCUT2D eigenvalue weighted by atomic mass is 9.96. The van der Waals surface area contributed by atoms with E-state index < -0.39 is 86.7 Å². The summed E-state index contributed by atoms with van der Waals surface area (Å²) in [7, 11) is 0. The standard InChI is InChI=1S/C36H38O17/c37-14-25-28(42)30(44)32(46)35(52-25)50-23-12-20(40)11-22-21(23)13-24(34(49-22)17-4-8-19(39)9-5-17)51-36-33(47)31(45)29(43)26(53-36)15-48-27(41)10-3-16-1-6-18(38)7-2-16/h1-13,22,25-26,28-33,35-40,42-47H,14-15H2/p+1/b10-3+/t22?,25-,26-,28-,29-,30+,31+,32-,33-,35-,36-/m1/s1. The summed E-state index contributed by atoms with van der Waals surface area (Å²) in [6.07, 6.45) is -11.1. The summed E-state index contributed by atoms with van der Waals surface area (Å²) >= 11 is 0. The van der Waals surface area contributed by atoms with E-state index in [0.29, 0.717) is 11.1 Å². The Kier molecular flexibility index (Phi) is 11.4. The van der Waals surface area contributed by atoms with Crippen LogP contribution in [0.15, 0.2) is 95.7 Å². The van der Waals surface area contributed by atoms with Crippen LogP contribution in [0.5, 0.6) is 11.5 Å². The molecule has 17 nitrogen and oxygen atoms in total. The molecule has 0 aromatic heterocycles. The first kappa shape index (κ1) is 37.8. The monoisotopic (exact) mass is 743 g/mol. The highest BCUT2D eigenvalue weighted by atomic mass is 16.7. The molecule has 53 heavy (non-hydrogen) atoms. The van der Waals surface area contributed by atoms with Crippen LogP contribution in [0.25, 0.3) is 11.8 Å². The van der Waals surface area contributed by atoms with Gasteiger partial charge in [-0.3, -0.25) is 0 Å². The van der Waals surface area contributed by atoms with Gasteiger partial charge in [0.15, 0.2) is 0 Å². The zero-order valence-electron chi connectivity index (χ0n) is 27.6. The van der Waals surface area contributed by atoms with E-state index in [1.54, 1.807) is 12.1 Å². The van der Waals surface area contributed by atoms with Gasteiger partial charge in [-0.2, -0.15) is 0 Å². The predicted octanol–water partition coefficient (Wildman–Crippen LogP) is -1.16. The van der Waals surface area contributed by atoms with Gasteiger partial charge < -0.3 is 79.5 Å². The molecule has 2 saturated heterocycles. The van der Waals surface area contributed by atoms with Crippen molar-refractivity contribution < 1.29 is 84.3 Å². The Bertz CT molecular complexity index is 1780. The maximum absolute atomic E-state index is 12.4. The maximum atomic E-state index is 12.4. The summed E-state index contributed by atoms with van der Waals surface area (Å²) in [5.74, 6) is -1.24. The van der Waals surface area contributed by atoms with Crippen LogP contribution in [-0.2, 0) is 28.5 Å². The largest absolute Gasteiger partial charge is 0.571 e. The van der Waals surface area contributed by atoms with E-state index in [1.165, 1.54) is 54.6 Å². The Hall–Kier alpha value is -4.95. The maximum Gasteiger partial charge on any atom is 0.330 e. The molecule has 2 fully saturated rings. The van der Waals surface area contributed by atoms with Crippen molar-refractivity contribution in [3.63, 3.8) is 0 Å². The zero-order valence-corrected chi connectivity index (χ0v) is 27.6. The predicted molar refractivity (Wildman–Crippen MR) is 179 cm³/mol. The number of fused-ring (bicyclic) bond motifs is 1. The molecule has 0 amide bonds. The molecule has 3 heterocycles. The molecule has 0 radical (unpaired) electrons. The lowest BCUT2D eigenvalue weighted by Crippen LogP contribution is -2.59. The molecule has 1 unspecified atom stereocenters. The average Bonchev–Trinajstić information content (AvgIpc) is 3.14. The van der Waals surface area contributed by atoms with Gasteiger partial charge in [0, 0.05) is 18.2 Å². The van der Waals surface area contributed by atoms with Gasteiger partial charge in [0.25, 0.3) is 0 Å². The van der Waals surface area contributed by atoms with Gasteiger partial charge in [-0.25, -0.2) is 4.79 Å². The first-order valence-electron chi connectivity index (χ1n) is 16.4. The summed E-state index contributed by atoms with van der Waals surface area (Å²) in [6.45, 7) is -1.28. The Morgan fingerprint density at radius 3 is 1.96 bits per heavy atom. The molecule has 3 aliphatic heterocycles. The molecule has 11 N–H and O–H groups in total. The molecule has 284 valence electrons. The Labute approximate surface area is 301 Å². The van der Waals surface area contributed by atoms with Gasteiger partial charge in [0.05, 0.1) is 23.8 Å². The first-order chi connectivity index (χ1) is 25.3. The highest BCUT2D eigenvalue weighted by molar-refractivity contribution is 5.87. The summed E-state index contributed by atoms with van der Waals surface area (Å²) in [6, 6.07) is 11.8. The number of carbonyl (C=O) groups is 1. The van der Waals surface area contributed by atoms with Crippen LogP contribution in [0, 0.1) is 0 Å². The van der Waals surface area contributed by atoms with Crippen LogP contribution in [0.4, 0.5) is 0 Å². The lowest BCUT2D eigenvalue weighted by molar-refractivity contribution is -0.292. The van der Waals surface area contributed by atoms with Gasteiger partial charge in [0.1, 0.15) is 78.5 Å². The normalized spacial score (nSPS) is 32.9. The van der Waals surface area contributed by atoms with Crippen molar-refractivity contribution in [3.05, 3.63) is 107 Å². The van der Waals surface area contributed by atoms with E-state index in [9.17, 15) is 55.9 Å². The zero-order chi connectivity index (χ0) is 38.0. The smallest absolute Gasteiger partial charge is 0.330 e. The molecule has 0 bridgehead atoms. The fraction of sp³-hybridized carbons (Fsp3) is 0.361. The van der Waals surface area contributed by atoms with Crippen molar-refractivity contribution in [2.45, 2.75) is 67.5 Å². The minimum Gasteiger partial charge on any atom is -0.571 e. The number of hydrogen-bond acceptors (Lipinski definition) is 16. The van der Waals surface area contributed by atoms with Crippen LogP contribution >= 0.6 is 0 Å². The quantitative estimate of drug-likeness (QED) is 0.0781. The number of carbonyl (C=O) groups excluding carboxylic acids is 1. The number of esters is 1. The number of ether oxygens (including phenoxy) is 6. The van der Waals surface area contributed by atoms with Gasteiger partial charge in [0.2, 0.25) is 24.4 Å². The number of rotatable bonds is 10. The fourth-order valence-electron chi connectivity index (χ4n) is 5.90. The number of aromatic hydroxyl groups is 2. The van der Waals surface area contributed by atoms with E-state index >= 15 is 0 Å². The van der Waals surface area contributed by atoms with Crippen LogP contribution in [0.3, 0.4) is 0 Å². The number of allylic oxidation sites excluding steroid dienone is 2. The van der Waals surface area contributed by atoms with Crippen molar-refractivity contribution in [1.29, 1.82) is 0 Å². The molecule has 0 saturated carbocycles. The number of hydrogen-bond donors (Lipinski definition) is 10. The van der Waals surface area contributed by atoms with Crippen molar-refractivity contribution in [2.75, 3.05) is 13.2 Å². The van der Waals surface area contributed by atoms with E-state index in [4.69, 9.17) is 23.7 Å². The average molecular weight is 744 g/mol. The molecule has 11 atom stereocenters. The topological polar surface area (TPSA) is 278 Å². The molecule has 1 aliphatic carbocycles. The van der Waals surface area contributed by atoms with E-state index in [2.05, 4.69) is 4.74 Å². The lowest BCUT2D eigenvalue weighted by Gasteiger charge is -2.41. The molecule has 4 aliphatic rings. The third-order valence-electron chi connectivity index (χ3n) is 8.84. The Morgan fingerprint density at radius 1 is 0.736 bits per heavy atom. The van der Waals surface area contributed by atoms with Crippen LogP contribution in [0.1, 0.15) is 11.1 Å². The van der Waals surface area contributed by atoms with Gasteiger partial charge >= 0.3 is 11.7 Å². The highest BCUT2D eigenvalue weighted by Gasteiger charge is 2.48. The Balaban J connectivity index is 1.25. The van der Waals surface area contributed by atoms with Crippen molar-refractivity contribution >= 4 is 17.8 Å². The van der Waals surface area contributed by atoms with Gasteiger partial charge in [-0.15, -0.1) is 0 Å². The molecular formula is C36H39O17+. The molecule has 6 rings (SSSR count). The number of phenolic OH excluding ortho intramolecular Hbond substituents is 2. The molecule has 17 heteroatoms. The Morgan fingerprint density at radius 2 is 1.32 bits per heavy atom. The van der Waals surface area contributed by atoms with Crippen molar-refractivity contribution in [1.82, 2.24) is 0 Å². The number of benzene rings is 2. The minimum absolute atomic E-state index is 0.0442. The van der Waals surface area contributed by atoms with E-state index in [0.717, 1.165) is 12.2 Å². The van der Waals surface area contributed by atoms with Crippen LogP contribution < -0.4 is 0 Å². The second-order valence-electron chi connectivity index (χ2n) is 12.5. The SMILES string of the molecule is O=C(/C=C/c1ccc(O)cc1)OC[C@H]1O[C@@H](OC2=C(c3ccc(O)cc3)[OH+]C3C=C(O)C=C(O[C@@H]4O[C@H](CO)[C@@H](O)[C@H](O)[C@H]4O)C3=C2)[C@H](O)[C@@H](O)[C@@H]1O. The van der Waals surface area contributed by atoms with Crippen molar-refractivity contribution in [3.8, 4) is 11.5 Å². The third kappa shape index (κ3) is 8.33. The first-order valence-corrected chi connectivity index (χ1v) is 16.4. The molecule has 0 spiro atoms. The number of aliphatic hydroxyl groups is 10. The second-order valence-corrected chi connectivity index (χ2v) is 12.5. The second kappa shape index (κ2) is 16.0. The summed E-state index contributed by atoms with van der Waals surface area (Å²) in [5.41, 5.74) is 1.19. The fourth-order valence-corrected chi connectivity index (χ4v) is 5.90. The van der Waals surface area contributed by atoms with E-state index in [-0.39, 0.29) is 40.1 Å². The molecular weight excluding hydrogens is 704 g/mol. The van der Waals surface area contributed by atoms with Crippen LogP contribution in [0.2, 0.25) is 0 Å². The van der Waals surface area contributed by atoms with Crippen LogP contribution in [-0.4, -0.2) is 143 Å². The molecule has 2 aromatic rings. The van der Waals surface area contributed by atoms with E-state index in [1.807, 2.05) is 0 Å². The van der Waals surface area contributed by atoms with Gasteiger partial charge in [-0.05, 0) is 48.0 Å². The summed E-state index contributed by atoms with van der Waals surface area (Å²) in [5, 5.41) is 103. The van der Waals surface area contributed by atoms with Gasteiger partial charge in [-0.1, -0.05) is 12.1 Å². The van der Waals surface area contributed by atoms with Crippen molar-refractivity contribution in [2.24, 2.45) is 0 Å². The summed E-state index contributed by atoms with van der Waals surface area (Å²) in [4.78, 5) is 12.4. The minimum atomic E-state index is -1.84. The number of phenols is 2. The highest BCUT2D eigenvalue weighted by Crippen LogP contribution is 2.39. The third-order valence-corrected chi connectivity index (χ3v) is 8.84.